The number of nitrogens with zero attached hydrogens (tertiary/aromatic N) is 3. The van der Waals surface area contributed by atoms with E-state index < -0.39 is 5.67 Å². The fourth-order valence-electron chi connectivity index (χ4n) is 1.88. The zero-order valence-electron chi connectivity index (χ0n) is 9.61. The molecule has 1 aliphatic heterocycles. The van der Waals surface area contributed by atoms with E-state index in [2.05, 4.69) is 9.97 Å². The predicted molar refractivity (Wildman–Crippen MR) is 58.0 cm³/mol. The van der Waals surface area contributed by atoms with Crippen LogP contribution in [0.15, 0.2) is 12.3 Å². The summed E-state index contributed by atoms with van der Waals surface area (Å²) in [6.45, 7) is 3.53. The van der Waals surface area contributed by atoms with Crippen LogP contribution in [0.2, 0.25) is 0 Å². The molecule has 0 aliphatic carbocycles. The van der Waals surface area contributed by atoms with Crippen LogP contribution in [0.1, 0.15) is 19.0 Å². The normalized spacial score (nSPS) is 19.2. The summed E-state index contributed by atoms with van der Waals surface area (Å²) in [7, 11) is 1.53. The first-order chi connectivity index (χ1) is 7.65. The maximum atomic E-state index is 13.6. The van der Waals surface area contributed by atoms with Crippen molar-refractivity contribution in [3.63, 3.8) is 0 Å². The maximum Gasteiger partial charge on any atom is 0.316 e. The van der Waals surface area contributed by atoms with E-state index in [9.17, 15) is 4.39 Å². The van der Waals surface area contributed by atoms with Crippen molar-refractivity contribution < 1.29 is 9.13 Å². The van der Waals surface area contributed by atoms with Crippen molar-refractivity contribution in [2.24, 2.45) is 0 Å². The second-order valence-electron chi connectivity index (χ2n) is 4.18. The van der Waals surface area contributed by atoms with E-state index in [0.717, 1.165) is 5.69 Å². The molecule has 1 saturated heterocycles. The van der Waals surface area contributed by atoms with E-state index in [0.29, 0.717) is 32.1 Å². The first-order valence-corrected chi connectivity index (χ1v) is 5.42. The summed E-state index contributed by atoms with van der Waals surface area (Å²) in [4.78, 5) is 10.2. The lowest BCUT2D eigenvalue weighted by atomic mass is 9.93. The van der Waals surface area contributed by atoms with Gasteiger partial charge in [-0.25, -0.2) is 9.37 Å². The summed E-state index contributed by atoms with van der Waals surface area (Å²) in [5, 5.41) is 0. The lowest BCUT2D eigenvalue weighted by Crippen LogP contribution is -2.57. The van der Waals surface area contributed by atoms with Crippen molar-refractivity contribution in [3.8, 4) is 6.01 Å². The summed E-state index contributed by atoms with van der Waals surface area (Å²) in [5.41, 5.74) is -0.123. The van der Waals surface area contributed by atoms with Crippen molar-refractivity contribution in [1.29, 1.82) is 0 Å². The van der Waals surface area contributed by atoms with Gasteiger partial charge in [0.2, 0.25) is 0 Å². The topological polar surface area (TPSA) is 38.2 Å². The SMILES string of the molecule is CCC1(F)CN(Cc2ccnc(OC)n2)C1. The molecule has 1 aromatic rings. The molecular weight excluding hydrogens is 209 g/mol. The number of methoxy groups -OCH3 is 1. The van der Waals surface area contributed by atoms with Gasteiger partial charge in [-0.05, 0) is 12.5 Å². The van der Waals surface area contributed by atoms with Gasteiger partial charge in [-0.1, -0.05) is 6.92 Å². The second kappa shape index (κ2) is 4.33. The predicted octanol–water partition coefficient (Wildman–Crippen LogP) is 1.42. The van der Waals surface area contributed by atoms with E-state index in [1.54, 1.807) is 6.20 Å². The number of aromatic nitrogens is 2. The van der Waals surface area contributed by atoms with Gasteiger partial charge < -0.3 is 4.74 Å². The third-order valence-corrected chi connectivity index (χ3v) is 2.91. The van der Waals surface area contributed by atoms with E-state index >= 15 is 0 Å². The molecule has 0 amide bonds. The lowest BCUT2D eigenvalue weighted by Gasteiger charge is -2.43. The first-order valence-electron chi connectivity index (χ1n) is 5.42. The average Bonchev–Trinajstić information content (AvgIpc) is 2.27. The van der Waals surface area contributed by atoms with Gasteiger partial charge in [0.15, 0.2) is 0 Å². The highest BCUT2D eigenvalue weighted by Crippen LogP contribution is 2.29. The van der Waals surface area contributed by atoms with E-state index in [4.69, 9.17) is 4.74 Å². The number of alkyl halides is 1. The molecule has 0 atom stereocenters. The molecule has 0 unspecified atom stereocenters. The molecule has 88 valence electrons. The highest BCUT2D eigenvalue weighted by molar-refractivity contribution is 5.07. The number of likely N-dealkylation sites (tertiary alicyclic amines) is 1. The summed E-state index contributed by atoms with van der Waals surface area (Å²) >= 11 is 0. The molecule has 0 radical (unpaired) electrons. The zero-order chi connectivity index (χ0) is 11.6. The summed E-state index contributed by atoms with van der Waals surface area (Å²) in [5.74, 6) is 0. The fraction of sp³-hybridized carbons (Fsp3) is 0.636. The quantitative estimate of drug-likeness (QED) is 0.776. The Balaban J connectivity index is 1.91. The minimum Gasteiger partial charge on any atom is -0.467 e. The number of hydrogen-bond acceptors (Lipinski definition) is 4. The number of rotatable bonds is 4. The molecule has 2 heterocycles. The molecule has 1 aromatic heterocycles. The van der Waals surface area contributed by atoms with Crippen molar-refractivity contribution in [3.05, 3.63) is 18.0 Å². The minimum atomic E-state index is -0.989. The summed E-state index contributed by atoms with van der Waals surface area (Å²) in [6, 6.07) is 2.19. The largest absolute Gasteiger partial charge is 0.467 e. The Morgan fingerprint density at radius 3 is 2.94 bits per heavy atom. The Hall–Kier alpha value is -1.23. The van der Waals surface area contributed by atoms with Gasteiger partial charge in [0, 0.05) is 25.8 Å². The third kappa shape index (κ3) is 2.29. The molecule has 0 saturated carbocycles. The number of ether oxygens (including phenoxy) is 1. The summed E-state index contributed by atoms with van der Waals surface area (Å²) in [6.07, 6.45) is 2.24. The molecule has 0 aromatic carbocycles. The fourth-order valence-corrected chi connectivity index (χ4v) is 1.88. The van der Waals surface area contributed by atoms with E-state index in [1.807, 2.05) is 17.9 Å². The van der Waals surface area contributed by atoms with Gasteiger partial charge >= 0.3 is 6.01 Å². The van der Waals surface area contributed by atoms with Gasteiger partial charge in [0.1, 0.15) is 5.67 Å². The van der Waals surface area contributed by atoms with Crippen molar-refractivity contribution in [2.75, 3.05) is 20.2 Å². The van der Waals surface area contributed by atoms with Crippen molar-refractivity contribution in [2.45, 2.75) is 25.6 Å². The second-order valence-corrected chi connectivity index (χ2v) is 4.18. The van der Waals surface area contributed by atoms with Crippen LogP contribution in [0.3, 0.4) is 0 Å². The minimum absolute atomic E-state index is 0.361. The van der Waals surface area contributed by atoms with Gasteiger partial charge in [-0.2, -0.15) is 4.98 Å². The molecular formula is C11H16FN3O. The first kappa shape index (κ1) is 11.3. The molecule has 0 N–H and O–H groups in total. The molecule has 1 aliphatic rings. The molecule has 16 heavy (non-hydrogen) atoms. The van der Waals surface area contributed by atoms with Crippen LogP contribution in [0.25, 0.3) is 0 Å². The third-order valence-electron chi connectivity index (χ3n) is 2.91. The monoisotopic (exact) mass is 225 g/mol. The number of halogens is 1. The van der Waals surface area contributed by atoms with E-state index in [-0.39, 0.29) is 0 Å². The zero-order valence-corrected chi connectivity index (χ0v) is 9.61. The Bertz CT molecular complexity index is 366. The van der Waals surface area contributed by atoms with Crippen LogP contribution < -0.4 is 4.74 Å². The molecule has 4 nitrogen and oxygen atoms in total. The maximum absolute atomic E-state index is 13.6. The molecule has 0 bridgehead atoms. The number of hydrogen-bond donors (Lipinski definition) is 0. The highest BCUT2D eigenvalue weighted by Gasteiger charge is 2.41. The standard InChI is InChI=1S/C11H16FN3O/c1-3-11(12)7-15(8-11)6-9-4-5-13-10(14-9)16-2/h4-5H,3,6-8H2,1-2H3. The average molecular weight is 225 g/mol. The van der Waals surface area contributed by atoms with Gasteiger partial charge in [0.25, 0.3) is 0 Å². The van der Waals surface area contributed by atoms with Crippen LogP contribution in [0.4, 0.5) is 4.39 Å². The smallest absolute Gasteiger partial charge is 0.316 e. The van der Waals surface area contributed by atoms with Crippen LogP contribution >= 0.6 is 0 Å². The Morgan fingerprint density at radius 1 is 1.56 bits per heavy atom. The summed E-state index contributed by atoms with van der Waals surface area (Å²) < 4.78 is 18.6. The molecule has 0 spiro atoms. The Kier molecular flexibility index (Phi) is 3.05. The van der Waals surface area contributed by atoms with Crippen molar-refractivity contribution in [1.82, 2.24) is 14.9 Å². The van der Waals surface area contributed by atoms with Crippen LogP contribution in [-0.4, -0.2) is 40.7 Å². The van der Waals surface area contributed by atoms with Gasteiger partial charge in [0.05, 0.1) is 12.8 Å². The molecule has 5 heteroatoms. The van der Waals surface area contributed by atoms with Gasteiger partial charge in [-0.3, -0.25) is 4.90 Å². The Morgan fingerprint density at radius 2 is 2.31 bits per heavy atom. The van der Waals surface area contributed by atoms with Crippen LogP contribution in [0, 0.1) is 0 Å². The van der Waals surface area contributed by atoms with Crippen molar-refractivity contribution >= 4 is 0 Å². The van der Waals surface area contributed by atoms with E-state index in [1.165, 1.54) is 7.11 Å². The van der Waals surface area contributed by atoms with Crippen LogP contribution in [0.5, 0.6) is 6.01 Å². The van der Waals surface area contributed by atoms with Gasteiger partial charge in [-0.15, -0.1) is 0 Å². The van der Waals surface area contributed by atoms with Crippen LogP contribution in [-0.2, 0) is 6.54 Å². The highest BCUT2D eigenvalue weighted by atomic mass is 19.1. The molecule has 2 rings (SSSR count). The lowest BCUT2D eigenvalue weighted by molar-refractivity contribution is -0.0400. The Labute approximate surface area is 94.5 Å². The molecule has 1 fully saturated rings.